The van der Waals surface area contributed by atoms with E-state index < -0.39 is 11.4 Å². The highest BCUT2D eigenvalue weighted by Crippen LogP contribution is 2.42. The van der Waals surface area contributed by atoms with Crippen molar-refractivity contribution in [3.05, 3.63) is 34.3 Å². The summed E-state index contributed by atoms with van der Waals surface area (Å²) in [5.74, 6) is -0.744. The van der Waals surface area contributed by atoms with Gasteiger partial charge in [-0.1, -0.05) is 36.9 Å². The van der Waals surface area contributed by atoms with Crippen LogP contribution in [0.15, 0.2) is 18.2 Å². The topological polar surface area (TPSA) is 46.5 Å². The Kier molecular flexibility index (Phi) is 4.48. The summed E-state index contributed by atoms with van der Waals surface area (Å²) in [6.07, 6.45) is 4.37. The zero-order valence-electron chi connectivity index (χ0n) is 11.1. The first-order valence-corrected chi connectivity index (χ1v) is 6.99. The van der Waals surface area contributed by atoms with Crippen LogP contribution in [-0.2, 0) is 21.6 Å². The Balaban J connectivity index is 2.51. The highest BCUT2D eigenvalue weighted by molar-refractivity contribution is 6.30. The zero-order valence-corrected chi connectivity index (χ0v) is 11.9. The lowest BCUT2D eigenvalue weighted by Crippen LogP contribution is -2.38. The van der Waals surface area contributed by atoms with Gasteiger partial charge in [-0.25, -0.2) is 0 Å². The van der Waals surface area contributed by atoms with Crippen molar-refractivity contribution in [1.29, 1.82) is 0 Å². The number of ether oxygens (including phenoxy) is 1. The lowest BCUT2D eigenvalue weighted by molar-refractivity contribution is -0.145. The van der Waals surface area contributed by atoms with Crippen LogP contribution in [0.3, 0.4) is 0 Å². The van der Waals surface area contributed by atoms with E-state index >= 15 is 0 Å². The molecule has 1 aliphatic rings. The summed E-state index contributed by atoms with van der Waals surface area (Å²) in [6.45, 7) is 0.418. The maximum absolute atomic E-state index is 11.9. The number of carboxylic acid groups (broad SMARTS) is 1. The minimum absolute atomic E-state index is 0.418. The fourth-order valence-corrected chi connectivity index (χ4v) is 3.20. The summed E-state index contributed by atoms with van der Waals surface area (Å²) >= 11 is 6.07. The van der Waals surface area contributed by atoms with Crippen molar-refractivity contribution in [1.82, 2.24) is 0 Å². The van der Waals surface area contributed by atoms with E-state index in [4.69, 9.17) is 16.3 Å². The number of halogens is 1. The van der Waals surface area contributed by atoms with Crippen LogP contribution >= 0.6 is 11.6 Å². The number of hydrogen-bond acceptors (Lipinski definition) is 2. The summed E-state index contributed by atoms with van der Waals surface area (Å²) in [6, 6.07) is 5.47. The molecule has 1 N–H and O–H groups in total. The second kappa shape index (κ2) is 5.93. The van der Waals surface area contributed by atoms with Crippen molar-refractivity contribution in [3.63, 3.8) is 0 Å². The molecule has 4 heteroatoms. The third-order valence-corrected chi connectivity index (χ3v) is 4.24. The molecule has 19 heavy (non-hydrogen) atoms. The molecular formula is C15H19ClO3. The molecule has 1 aliphatic carbocycles. The fraction of sp³-hybridized carbons (Fsp3) is 0.533. The SMILES string of the molecule is COCc1ccc(Cl)cc1C1(C(=O)O)CCCCC1. The molecule has 1 aromatic carbocycles. The van der Waals surface area contributed by atoms with Gasteiger partial charge in [-0.2, -0.15) is 0 Å². The van der Waals surface area contributed by atoms with Gasteiger partial charge in [0.25, 0.3) is 0 Å². The molecule has 1 aromatic rings. The molecule has 0 heterocycles. The molecule has 0 radical (unpaired) electrons. The highest BCUT2D eigenvalue weighted by atomic mass is 35.5. The Labute approximate surface area is 118 Å². The summed E-state index contributed by atoms with van der Waals surface area (Å²) in [7, 11) is 1.62. The largest absolute Gasteiger partial charge is 0.481 e. The van der Waals surface area contributed by atoms with Crippen LogP contribution < -0.4 is 0 Å². The molecule has 0 bridgehead atoms. The first-order valence-electron chi connectivity index (χ1n) is 6.61. The monoisotopic (exact) mass is 282 g/mol. The highest BCUT2D eigenvalue weighted by Gasteiger charge is 2.42. The third kappa shape index (κ3) is 2.77. The van der Waals surface area contributed by atoms with Crippen LogP contribution in [0.2, 0.25) is 5.02 Å². The van der Waals surface area contributed by atoms with Crippen LogP contribution in [-0.4, -0.2) is 18.2 Å². The van der Waals surface area contributed by atoms with Crippen LogP contribution in [0.4, 0.5) is 0 Å². The van der Waals surface area contributed by atoms with Gasteiger partial charge < -0.3 is 9.84 Å². The Bertz CT molecular complexity index is 464. The van der Waals surface area contributed by atoms with E-state index in [1.54, 1.807) is 19.2 Å². The number of aliphatic carboxylic acids is 1. The molecule has 0 atom stereocenters. The van der Waals surface area contributed by atoms with Crippen molar-refractivity contribution >= 4 is 17.6 Å². The summed E-state index contributed by atoms with van der Waals surface area (Å²) in [4.78, 5) is 11.9. The lowest BCUT2D eigenvalue weighted by atomic mass is 9.68. The van der Waals surface area contributed by atoms with E-state index in [-0.39, 0.29) is 0 Å². The van der Waals surface area contributed by atoms with Crippen molar-refractivity contribution in [2.45, 2.75) is 44.1 Å². The lowest BCUT2D eigenvalue weighted by Gasteiger charge is -2.35. The average molecular weight is 283 g/mol. The maximum Gasteiger partial charge on any atom is 0.314 e. The minimum Gasteiger partial charge on any atom is -0.481 e. The second-order valence-corrected chi connectivity index (χ2v) is 5.62. The number of rotatable bonds is 4. The van der Waals surface area contributed by atoms with E-state index in [0.717, 1.165) is 30.4 Å². The van der Waals surface area contributed by atoms with E-state index in [1.165, 1.54) is 0 Å². The van der Waals surface area contributed by atoms with Crippen molar-refractivity contribution in [2.24, 2.45) is 0 Å². The smallest absolute Gasteiger partial charge is 0.314 e. The van der Waals surface area contributed by atoms with Crippen LogP contribution in [0.1, 0.15) is 43.2 Å². The molecule has 104 valence electrons. The Morgan fingerprint density at radius 1 is 1.37 bits per heavy atom. The predicted molar refractivity (Wildman–Crippen MR) is 74.6 cm³/mol. The minimum atomic E-state index is -0.795. The van der Waals surface area contributed by atoms with Crippen LogP contribution in [0, 0.1) is 0 Å². The Hall–Kier alpha value is -1.06. The standard InChI is InChI=1S/C15H19ClO3/c1-19-10-11-5-6-12(16)9-13(11)15(14(17)18)7-3-2-4-8-15/h5-6,9H,2-4,7-8,10H2,1H3,(H,17,18). The number of carboxylic acids is 1. The fourth-order valence-electron chi connectivity index (χ4n) is 3.03. The normalized spacial score (nSPS) is 18.2. The molecule has 2 rings (SSSR count). The molecule has 1 fully saturated rings. The van der Waals surface area contributed by atoms with Crippen molar-refractivity contribution in [2.75, 3.05) is 7.11 Å². The van der Waals surface area contributed by atoms with Gasteiger partial charge in [0.1, 0.15) is 0 Å². The zero-order chi connectivity index (χ0) is 13.9. The van der Waals surface area contributed by atoms with Gasteiger partial charge in [-0.05, 0) is 36.1 Å². The van der Waals surface area contributed by atoms with Gasteiger partial charge in [0.2, 0.25) is 0 Å². The third-order valence-electron chi connectivity index (χ3n) is 4.00. The molecular weight excluding hydrogens is 264 g/mol. The molecule has 0 saturated heterocycles. The van der Waals surface area contributed by atoms with Crippen LogP contribution in [0.5, 0.6) is 0 Å². The quantitative estimate of drug-likeness (QED) is 0.914. The van der Waals surface area contributed by atoms with E-state index in [1.807, 2.05) is 6.07 Å². The number of hydrogen-bond donors (Lipinski definition) is 1. The molecule has 0 spiro atoms. The molecule has 1 saturated carbocycles. The van der Waals surface area contributed by atoms with Crippen molar-refractivity contribution in [3.8, 4) is 0 Å². The van der Waals surface area contributed by atoms with Crippen LogP contribution in [0.25, 0.3) is 0 Å². The number of carbonyl (C=O) groups is 1. The molecule has 0 aliphatic heterocycles. The van der Waals surface area contributed by atoms with Gasteiger partial charge in [-0.3, -0.25) is 4.79 Å². The predicted octanol–water partition coefficient (Wildman–Crippen LogP) is 3.77. The van der Waals surface area contributed by atoms with Gasteiger partial charge >= 0.3 is 5.97 Å². The van der Waals surface area contributed by atoms with Gasteiger partial charge in [0, 0.05) is 12.1 Å². The van der Waals surface area contributed by atoms with Gasteiger partial charge in [0.05, 0.1) is 12.0 Å². The van der Waals surface area contributed by atoms with E-state index in [9.17, 15) is 9.90 Å². The number of methoxy groups -OCH3 is 1. The van der Waals surface area contributed by atoms with Gasteiger partial charge in [0.15, 0.2) is 0 Å². The Morgan fingerprint density at radius 3 is 2.63 bits per heavy atom. The summed E-state index contributed by atoms with van der Waals surface area (Å²) < 4.78 is 5.19. The first-order chi connectivity index (χ1) is 9.10. The molecule has 3 nitrogen and oxygen atoms in total. The number of benzene rings is 1. The molecule has 0 amide bonds. The van der Waals surface area contributed by atoms with Gasteiger partial charge in [-0.15, -0.1) is 0 Å². The maximum atomic E-state index is 11.9. The van der Waals surface area contributed by atoms with Crippen molar-refractivity contribution < 1.29 is 14.6 Å². The Morgan fingerprint density at radius 2 is 2.05 bits per heavy atom. The van der Waals surface area contributed by atoms with E-state index in [0.29, 0.717) is 24.5 Å². The first kappa shape index (κ1) is 14.4. The summed E-state index contributed by atoms with van der Waals surface area (Å²) in [5.41, 5.74) is 0.960. The average Bonchev–Trinajstić information content (AvgIpc) is 2.41. The van der Waals surface area contributed by atoms with E-state index in [2.05, 4.69) is 0 Å². The second-order valence-electron chi connectivity index (χ2n) is 5.18. The summed E-state index contributed by atoms with van der Waals surface area (Å²) in [5, 5.41) is 10.3. The molecule has 0 aromatic heterocycles. The molecule has 0 unspecified atom stereocenters.